The average Bonchev–Trinajstić information content (AvgIpc) is 2.82. The van der Waals surface area contributed by atoms with Gasteiger partial charge in [0.25, 0.3) is 5.56 Å². The molecule has 2 aromatic rings. The van der Waals surface area contributed by atoms with E-state index >= 15 is 0 Å². The molecular formula is C10H12N4O5. The summed E-state index contributed by atoms with van der Waals surface area (Å²) in [4.78, 5) is 21.7. The minimum atomic E-state index is -1.35. The second kappa shape index (κ2) is 4.38. The molecule has 1 unspecified atom stereocenters. The molecule has 2 aromatic heterocycles. The molecule has 1 aliphatic rings. The van der Waals surface area contributed by atoms with Crippen LogP contribution < -0.4 is 5.56 Å². The average molecular weight is 268 g/mol. The Morgan fingerprint density at radius 1 is 1.32 bits per heavy atom. The number of nitrogens with one attached hydrogen (secondary N) is 1. The van der Waals surface area contributed by atoms with Gasteiger partial charge in [-0.2, -0.15) is 0 Å². The number of fused-ring (bicyclic) bond motifs is 1. The van der Waals surface area contributed by atoms with Crippen molar-refractivity contribution in [1.82, 2.24) is 19.5 Å². The van der Waals surface area contributed by atoms with Crippen molar-refractivity contribution in [1.29, 1.82) is 0 Å². The molecule has 0 saturated carbocycles. The number of ether oxygens (including phenoxy) is 1. The molecular weight excluding hydrogens is 256 g/mol. The lowest BCUT2D eigenvalue weighted by Crippen LogP contribution is -2.50. The third-order valence-electron chi connectivity index (χ3n) is 3.11. The van der Waals surface area contributed by atoms with Gasteiger partial charge in [-0.05, 0) is 0 Å². The molecule has 3 heterocycles. The molecule has 0 radical (unpaired) electrons. The van der Waals surface area contributed by atoms with E-state index in [1.807, 2.05) is 0 Å². The first kappa shape index (κ1) is 12.2. The summed E-state index contributed by atoms with van der Waals surface area (Å²) in [6, 6.07) is 0. The summed E-state index contributed by atoms with van der Waals surface area (Å²) < 4.78 is 6.63. The van der Waals surface area contributed by atoms with E-state index in [1.165, 1.54) is 17.2 Å². The van der Waals surface area contributed by atoms with Gasteiger partial charge < -0.3 is 25.0 Å². The molecule has 9 heteroatoms. The third kappa shape index (κ3) is 1.83. The zero-order valence-electron chi connectivity index (χ0n) is 9.67. The number of nitrogens with zero attached hydrogens (tertiary/aromatic N) is 3. The highest BCUT2D eigenvalue weighted by molar-refractivity contribution is 5.68. The first-order valence-electron chi connectivity index (χ1n) is 5.65. The largest absolute Gasteiger partial charge is 0.388 e. The van der Waals surface area contributed by atoms with Gasteiger partial charge in [-0.3, -0.25) is 9.36 Å². The first-order valence-corrected chi connectivity index (χ1v) is 5.65. The van der Waals surface area contributed by atoms with Crippen LogP contribution in [-0.4, -0.2) is 59.8 Å². The standard InChI is InChI=1S/C10H12N4O5/c15-4-1-19-10(7(17)6(4)16)14-3-13-5-8(14)11-2-12-9(5)18/h2-4,6-7,10,15-17H,1H2,(H,11,12,18)/t4-,6-,7+,10?/m1/s1. The summed E-state index contributed by atoms with van der Waals surface area (Å²) in [5.41, 5.74) is -0.0649. The Morgan fingerprint density at radius 3 is 2.89 bits per heavy atom. The van der Waals surface area contributed by atoms with Gasteiger partial charge in [0, 0.05) is 0 Å². The molecule has 0 aliphatic carbocycles. The Balaban J connectivity index is 2.05. The summed E-state index contributed by atoms with van der Waals surface area (Å²) in [7, 11) is 0. The highest BCUT2D eigenvalue weighted by Crippen LogP contribution is 2.25. The molecule has 1 fully saturated rings. The van der Waals surface area contributed by atoms with Crippen molar-refractivity contribution < 1.29 is 20.1 Å². The Morgan fingerprint density at radius 2 is 2.11 bits per heavy atom. The van der Waals surface area contributed by atoms with Gasteiger partial charge in [-0.1, -0.05) is 0 Å². The van der Waals surface area contributed by atoms with Crippen LogP contribution in [0, 0.1) is 0 Å². The Bertz CT molecular complexity index is 653. The second-order valence-electron chi connectivity index (χ2n) is 4.33. The Hall–Kier alpha value is -1.81. The van der Waals surface area contributed by atoms with Gasteiger partial charge in [0.2, 0.25) is 0 Å². The molecule has 0 amide bonds. The topological polar surface area (TPSA) is 133 Å². The predicted molar refractivity (Wildman–Crippen MR) is 61.2 cm³/mol. The molecule has 3 rings (SSSR count). The number of aromatic nitrogens is 4. The van der Waals surface area contributed by atoms with E-state index in [-0.39, 0.29) is 17.8 Å². The summed E-state index contributed by atoms with van der Waals surface area (Å²) in [5.74, 6) is 0. The molecule has 0 aromatic carbocycles. The number of aliphatic hydroxyl groups is 3. The van der Waals surface area contributed by atoms with Crippen LogP contribution in [0.5, 0.6) is 0 Å². The molecule has 0 spiro atoms. The maximum absolute atomic E-state index is 11.5. The predicted octanol–water partition coefficient (Wildman–Crippen LogP) is -2.27. The van der Waals surface area contributed by atoms with Crippen molar-refractivity contribution in [3.63, 3.8) is 0 Å². The lowest BCUT2D eigenvalue weighted by molar-refractivity contribution is -0.210. The van der Waals surface area contributed by atoms with Gasteiger partial charge in [-0.15, -0.1) is 0 Å². The lowest BCUT2D eigenvalue weighted by atomic mass is 10.0. The maximum atomic E-state index is 11.5. The summed E-state index contributed by atoms with van der Waals surface area (Å²) in [5, 5.41) is 28.9. The van der Waals surface area contributed by atoms with Gasteiger partial charge in [0.1, 0.15) is 18.3 Å². The highest BCUT2D eigenvalue weighted by atomic mass is 16.5. The van der Waals surface area contributed by atoms with Crippen molar-refractivity contribution in [2.75, 3.05) is 6.61 Å². The number of hydrogen-bond acceptors (Lipinski definition) is 7. The van der Waals surface area contributed by atoms with Gasteiger partial charge in [0.15, 0.2) is 17.4 Å². The maximum Gasteiger partial charge on any atom is 0.278 e. The zero-order chi connectivity index (χ0) is 13.6. The molecule has 4 atom stereocenters. The number of H-pyrrole nitrogens is 1. The fourth-order valence-electron chi connectivity index (χ4n) is 2.08. The van der Waals surface area contributed by atoms with Crippen molar-refractivity contribution in [2.45, 2.75) is 24.5 Å². The fourth-order valence-corrected chi connectivity index (χ4v) is 2.08. The van der Waals surface area contributed by atoms with Crippen LogP contribution in [0.15, 0.2) is 17.4 Å². The summed E-state index contributed by atoms with van der Waals surface area (Å²) in [6.07, 6.45) is -2.29. The van der Waals surface area contributed by atoms with E-state index in [1.54, 1.807) is 0 Å². The van der Waals surface area contributed by atoms with E-state index in [2.05, 4.69) is 15.0 Å². The smallest absolute Gasteiger partial charge is 0.278 e. The molecule has 1 saturated heterocycles. The van der Waals surface area contributed by atoms with E-state index in [0.29, 0.717) is 0 Å². The lowest BCUT2D eigenvalue weighted by Gasteiger charge is -2.35. The van der Waals surface area contributed by atoms with Crippen molar-refractivity contribution in [3.8, 4) is 0 Å². The Labute approximate surface area is 106 Å². The SMILES string of the molecule is O=c1[nH]cnc2c1ncn2C1OC[C@@H](O)[C@@H](O)[C@@H]1O. The van der Waals surface area contributed by atoms with Crippen molar-refractivity contribution >= 4 is 11.2 Å². The van der Waals surface area contributed by atoms with Gasteiger partial charge in [-0.25, -0.2) is 9.97 Å². The molecule has 1 aliphatic heterocycles. The van der Waals surface area contributed by atoms with Crippen LogP contribution in [0.1, 0.15) is 6.23 Å². The van der Waals surface area contributed by atoms with Crippen LogP contribution in [-0.2, 0) is 4.74 Å². The van der Waals surface area contributed by atoms with Crippen molar-refractivity contribution in [3.05, 3.63) is 23.0 Å². The van der Waals surface area contributed by atoms with Crippen LogP contribution >= 0.6 is 0 Å². The van der Waals surface area contributed by atoms with Gasteiger partial charge >= 0.3 is 0 Å². The van der Waals surface area contributed by atoms with Gasteiger partial charge in [0.05, 0.1) is 19.3 Å². The van der Waals surface area contributed by atoms with Crippen LogP contribution in [0.3, 0.4) is 0 Å². The summed E-state index contributed by atoms with van der Waals surface area (Å²) >= 11 is 0. The van der Waals surface area contributed by atoms with E-state index in [0.717, 1.165) is 0 Å². The van der Waals surface area contributed by atoms with Crippen LogP contribution in [0.2, 0.25) is 0 Å². The Kier molecular flexibility index (Phi) is 2.82. The van der Waals surface area contributed by atoms with Crippen LogP contribution in [0.25, 0.3) is 11.2 Å². The normalized spacial score (nSPS) is 31.7. The minimum absolute atomic E-state index is 0.110. The number of hydrogen-bond donors (Lipinski definition) is 4. The van der Waals surface area contributed by atoms with E-state index < -0.39 is 30.1 Å². The first-order chi connectivity index (χ1) is 9.09. The number of imidazole rings is 1. The second-order valence-corrected chi connectivity index (χ2v) is 4.33. The third-order valence-corrected chi connectivity index (χ3v) is 3.11. The number of aliphatic hydroxyl groups excluding tert-OH is 3. The molecule has 102 valence electrons. The molecule has 19 heavy (non-hydrogen) atoms. The monoisotopic (exact) mass is 268 g/mol. The quantitative estimate of drug-likeness (QED) is 0.458. The summed E-state index contributed by atoms with van der Waals surface area (Å²) in [6.45, 7) is -0.133. The van der Waals surface area contributed by atoms with Crippen molar-refractivity contribution in [2.24, 2.45) is 0 Å². The van der Waals surface area contributed by atoms with E-state index in [9.17, 15) is 20.1 Å². The van der Waals surface area contributed by atoms with E-state index in [4.69, 9.17) is 4.74 Å². The number of rotatable bonds is 1. The molecule has 9 nitrogen and oxygen atoms in total. The fraction of sp³-hybridized carbons (Fsp3) is 0.500. The zero-order valence-corrected chi connectivity index (χ0v) is 9.67. The van der Waals surface area contributed by atoms with Crippen LogP contribution in [0.4, 0.5) is 0 Å². The molecule has 4 N–H and O–H groups in total. The molecule has 0 bridgehead atoms. The highest BCUT2D eigenvalue weighted by Gasteiger charge is 2.39. The minimum Gasteiger partial charge on any atom is -0.388 e. The number of aromatic amines is 1.